The molecule has 0 atom stereocenters. The van der Waals surface area contributed by atoms with Gasteiger partial charge in [0.1, 0.15) is 0 Å². The van der Waals surface area contributed by atoms with Gasteiger partial charge in [0.15, 0.2) is 7.51 Å². The Morgan fingerprint density at radius 3 is 1.94 bits per heavy atom. The minimum atomic E-state index is -1.56. The van der Waals surface area contributed by atoms with E-state index in [1.807, 2.05) is 0 Å². The molecule has 0 aromatic rings. The van der Waals surface area contributed by atoms with Crippen LogP contribution in [-0.4, -0.2) is 60.8 Å². The van der Waals surface area contributed by atoms with Crippen LogP contribution < -0.4 is 0 Å². The maximum atomic E-state index is 5.01. The molecule has 0 unspecified atom stereocenters. The van der Waals surface area contributed by atoms with Crippen molar-refractivity contribution >= 4 is 7.51 Å². The fraction of sp³-hybridized carbons (Fsp3) is 1.00. The highest BCUT2D eigenvalue weighted by molar-refractivity contribution is 7.59. The maximum absolute atomic E-state index is 5.01. The van der Waals surface area contributed by atoms with E-state index in [4.69, 9.17) is 4.74 Å². The standard InChI is InChI=1S/C11H27N4P/c1-6-12-16(15(7-2)8-3)13(4)10-9-11-14(16)5/h6-11H2,1-5H3. The predicted octanol–water partition coefficient (Wildman–Crippen LogP) is 2.56. The van der Waals surface area contributed by atoms with Crippen LogP contribution in [0.4, 0.5) is 0 Å². The molecule has 0 amide bonds. The van der Waals surface area contributed by atoms with Gasteiger partial charge in [-0.15, -0.1) is 0 Å². The van der Waals surface area contributed by atoms with Crippen molar-refractivity contribution < 1.29 is 0 Å². The molecule has 0 spiro atoms. The van der Waals surface area contributed by atoms with E-state index in [1.54, 1.807) is 0 Å². The summed E-state index contributed by atoms with van der Waals surface area (Å²) in [5, 5.41) is 0. The second-order valence-corrected chi connectivity index (χ2v) is 7.54. The summed E-state index contributed by atoms with van der Waals surface area (Å²) in [6.45, 7) is 12.1. The van der Waals surface area contributed by atoms with Crippen molar-refractivity contribution in [2.24, 2.45) is 4.74 Å². The lowest BCUT2D eigenvalue weighted by Crippen LogP contribution is -2.43. The molecule has 0 saturated carbocycles. The van der Waals surface area contributed by atoms with Crippen LogP contribution >= 0.6 is 7.51 Å². The van der Waals surface area contributed by atoms with E-state index in [9.17, 15) is 0 Å². The number of nitrogens with zero attached hydrogens (tertiary/aromatic N) is 4. The first-order valence-electron chi connectivity index (χ1n) is 6.40. The first-order valence-corrected chi connectivity index (χ1v) is 8.00. The average molecular weight is 246 g/mol. The molecule has 0 aromatic heterocycles. The van der Waals surface area contributed by atoms with Crippen LogP contribution in [0.3, 0.4) is 0 Å². The molecule has 1 aliphatic heterocycles. The highest BCUT2D eigenvalue weighted by Crippen LogP contribution is 2.59. The molecule has 0 radical (unpaired) electrons. The van der Waals surface area contributed by atoms with E-state index < -0.39 is 7.51 Å². The highest BCUT2D eigenvalue weighted by atomic mass is 31.2. The zero-order chi connectivity index (χ0) is 12.2. The molecule has 0 N–H and O–H groups in total. The molecule has 5 heteroatoms. The van der Waals surface area contributed by atoms with Gasteiger partial charge in [-0.25, -0.2) is 14.0 Å². The number of hydrogen-bond donors (Lipinski definition) is 0. The van der Waals surface area contributed by atoms with Crippen molar-refractivity contribution in [1.82, 2.24) is 14.0 Å². The van der Waals surface area contributed by atoms with Crippen molar-refractivity contribution in [3.63, 3.8) is 0 Å². The molecule has 16 heavy (non-hydrogen) atoms. The van der Waals surface area contributed by atoms with Crippen LogP contribution in [-0.2, 0) is 0 Å². The van der Waals surface area contributed by atoms with Crippen LogP contribution in [0.1, 0.15) is 27.2 Å². The lowest BCUT2D eigenvalue weighted by molar-refractivity contribution is 0.315. The third-order valence-electron chi connectivity index (χ3n) is 3.32. The SMILES string of the molecule is CCN=P1(N(CC)CC)N(C)CCCN1C. The lowest BCUT2D eigenvalue weighted by atomic mass is 10.4. The summed E-state index contributed by atoms with van der Waals surface area (Å²) in [4.78, 5) is 0. The smallest absolute Gasteiger partial charge is 0.167 e. The Hall–Kier alpha value is 0.110. The Kier molecular flexibility index (Phi) is 5.45. The van der Waals surface area contributed by atoms with Crippen molar-refractivity contribution in [2.75, 3.05) is 46.8 Å². The van der Waals surface area contributed by atoms with Gasteiger partial charge in [-0.3, -0.25) is 4.74 Å². The molecule has 0 aromatic carbocycles. The third-order valence-corrected chi connectivity index (χ3v) is 7.54. The Morgan fingerprint density at radius 1 is 1.06 bits per heavy atom. The van der Waals surface area contributed by atoms with Crippen LogP contribution in [0.2, 0.25) is 0 Å². The van der Waals surface area contributed by atoms with Crippen LogP contribution in [0.25, 0.3) is 0 Å². The van der Waals surface area contributed by atoms with E-state index in [2.05, 4.69) is 48.9 Å². The van der Waals surface area contributed by atoms with E-state index in [-0.39, 0.29) is 0 Å². The lowest BCUT2D eigenvalue weighted by Gasteiger charge is -2.49. The van der Waals surface area contributed by atoms with Gasteiger partial charge < -0.3 is 0 Å². The van der Waals surface area contributed by atoms with Crippen molar-refractivity contribution in [2.45, 2.75) is 27.2 Å². The highest BCUT2D eigenvalue weighted by Gasteiger charge is 2.37. The molecular formula is C11H27N4P. The molecule has 1 rings (SSSR count). The van der Waals surface area contributed by atoms with Crippen LogP contribution in [0.15, 0.2) is 4.74 Å². The molecule has 0 bridgehead atoms. The van der Waals surface area contributed by atoms with Gasteiger partial charge in [-0.1, -0.05) is 13.8 Å². The number of rotatable bonds is 4. The molecule has 4 nitrogen and oxygen atoms in total. The molecule has 1 heterocycles. The topological polar surface area (TPSA) is 22.1 Å². The first kappa shape index (κ1) is 14.2. The van der Waals surface area contributed by atoms with E-state index in [0.29, 0.717) is 0 Å². The average Bonchev–Trinajstić information content (AvgIpc) is 2.27. The van der Waals surface area contributed by atoms with Gasteiger partial charge in [0, 0.05) is 32.7 Å². The Balaban J connectivity index is 3.15. The molecule has 1 aliphatic rings. The van der Waals surface area contributed by atoms with Gasteiger partial charge in [0.25, 0.3) is 0 Å². The fourth-order valence-corrected chi connectivity index (χ4v) is 6.54. The summed E-state index contributed by atoms with van der Waals surface area (Å²) in [5.74, 6) is 0. The summed E-state index contributed by atoms with van der Waals surface area (Å²) < 4.78 is 12.5. The molecule has 1 saturated heterocycles. The third kappa shape index (κ3) is 2.35. The van der Waals surface area contributed by atoms with Gasteiger partial charge in [-0.2, -0.15) is 0 Å². The quantitative estimate of drug-likeness (QED) is 0.712. The van der Waals surface area contributed by atoms with Gasteiger partial charge in [0.05, 0.1) is 0 Å². The molecule has 1 fully saturated rings. The van der Waals surface area contributed by atoms with Gasteiger partial charge in [0.2, 0.25) is 0 Å². The summed E-state index contributed by atoms with van der Waals surface area (Å²) in [7, 11) is 2.92. The van der Waals surface area contributed by atoms with Crippen LogP contribution in [0.5, 0.6) is 0 Å². The second-order valence-electron chi connectivity index (χ2n) is 4.25. The van der Waals surface area contributed by atoms with Gasteiger partial charge in [-0.05, 0) is 27.4 Å². The molecule has 96 valence electrons. The summed E-state index contributed by atoms with van der Waals surface area (Å²) >= 11 is 0. The Morgan fingerprint density at radius 2 is 1.56 bits per heavy atom. The molecular weight excluding hydrogens is 219 g/mol. The van der Waals surface area contributed by atoms with Crippen molar-refractivity contribution in [3.8, 4) is 0 Å². The largest absolute Gasteiger partial charge is 0.261 e. The first-order chi connectivity index (χ1) is 7.63. The maximum Gasteiger partial charge on any atom is 0.167 e. The summed E-state index contributed by atoms with van der Waals surface area (Å²) in [6.07, 6.45) is 1.26. The van der Waals surface area contributed by atoms with Crippen molar-refractivity contribution in [3.05, 3.63) is 0 Å². The van der Waals surface area contributed by atoms with E-state index in [1.165, 1.54) is 19.5 Å². The minimum absolute atomic E-state index is 0.916. The summed E-state index contributed by atoms with van der Waals surface area (Å²) in [6, 6.07) is 0. The molecule has 0 aliphatic carbocycles. The normalized spacial score (nSPS) is 22.6. The Labute approximate surface area is 101 Å². The second kappa shape index (κ2) is 6.15. The predicted molar refractivity (Wildman–Crippen MR) is 72.7 cm³/mol. The number of hydrogen-bond acceptors (Lipinski definition) is 1. The van der Waals surface area contributed by atoms with Crippen molar-refractivity contribution in [1.29, 1.82) is 0 Å². The zero-order valence-corrected chi connectivity index (χ0v) is 12.4. The zero-order valence-electron chi connectivity index (χ0n) is 11.5. The Bertz CT molecular complexity index is 249. The van der Waals surface area contributed by atoms with E-state index in [0.717, 1.165) is 19.6 Å². The minimum Gasteiger partial charge on any atom is -0.261 e. The van der Waals surface area contributed by atoms with Crippen LogP contribution in [0, 0.1) is 0 Å². The monoisotopic (exact) mass is 246 g/mol. The summed E-state index contributed by atoms with van der Waals surface area (Å²) in [5.41, 5.74) is 0. The van der Waals surface area contributed by atoms with Gasteiger partial charge >= 0.3 is 0 Å². The fourth-order valence-electron chi connectivity index (χ4n) is 2.59. The van der Waals surface area contributed by atoms with E-state index >= 15 is 0 Å².